The molecule has 0 bridgehead atoms. The maximum atomic E-state index is 13.6. The zero-order valence-corrected chi connectivity index (χ0v) is 26.1. The van der Waals surface area contributed by atoms with E-state index in [1.807, 2.05) is 67.3 Å². The van der Waals surface area contributed by atoms with Crippen molar-refractivity contribution in [2.45, 2.75) is 37.4 Å². The van der Waals surface area contributed by atoms with Crippen LogP contribution in [0.1, 0.15) is 25.3 Å². The van der Waals surface area contributed by atoms with Crippen LogP contribution in [-0.2, 0) is 21.1 Å². The summed E-state index contributed by atoms with van der Waals surface area (Å²) < 4.78 is 10.1. The Balaban J connectivity index is 1.28. The summed E-state index contributed by atoms with van der Waals surface area (Å²) >= 11 is 1.45. The van der Waals surface area contributed by atoms with E-state index in [0.29, 0.717) is 41.9 Å². The molecule has 230 valence electrons. The van der Waals surface area contributed by atoms with Crippen LogP contribution in [0.3, 0.4) is 0 Å². The lowest BCUT2D eigenvalue weighted by molar-refractivity contribution is -0.131. The van der Waals surface area contributed by atoms with Crippen LogP contribution in [0.2, 0.25) is 0 Å². The van der Waals surface area contributed by atoms with Gasteiger partial charge < -0.3 is 24.2 Å². The van der Waals surface area contributed by atoms with Crippen LogP contribution in [0.25, 0.3) is 16.8 Å². The molecule has 0 unspecified atom stereocenters. The normalized spacial score (nSPS) is 17.9. The van der Waals surface area contributed by atoms with Gasteiger partial charge in [-0.1, -0.05) is 25.1 Å². The third-order valence-corrected chi connectivity index (χ3v) is 9.24. The highest BCUT2D eigenvalue weighted by Crippen LogP contribution is 2.41. The maximum absolute atomic E-state index is 13.6. The number of fused-ring (bicyclic) bond motifs is 2. The molecule has 5 heterocycles. The number of hydrogen-bond acceptors (Lipinski definition) is 10. The summed E-state index contributed by atoms with van der Waals surface area (Å²) in [6.07, 6.45) is 5.77. The second-order valence-electron chi connectivity index (χ2n) is 11.0. The van der Waals surface area contributed by atoms with E-state index in [9.17, 15) is 9.59 Å². The van der Waals surface area contributed by atoms with E-state index in [4.69, 9.17) is 10.00 Å². The molecule has 2 aliphatic rings. The number of likely N-dealkylation sites (tertiary alicyclic amines) is 1. The number of carbonyl (C=O) groups excluding carboxylic acids is 2. The monoisotopic (exact) mass is 623 g/mol. The zero-order chi connectivity index (χ0) is 31.5. The van der Waals surface area contributed by atoms with Crippen LogP contribution in [0.4, 0.5) is 11.6 Å². The summed E-state index contributed by atoms with van der Waals surface area (Å²) in [6, 6.07) is 17.1. The van der Waals surface area contributed by atoms with Gasteiger partial charge in [0.2, 0.25) is 5.91 Å². The highest BCUT2D eigenvalue weighted by molar-refractivity contribution is 7.97. The van der Waals surface area contributed by atoms with E-state index in [1.165, 1.54) is 18.3 Å². The van der Waals surface area contributed by atoms with Crippen LogP contribution in [0.15, 0.2) is 77.8 Å². The van der Waals surface area contributed by atoms with Crippen molar-refractivity contribution in [1.29, 1.82) is 5.26 Å². The van der Waals surface area contributed by atoms with E-state index in [0.717, 1.165) is 28.1 Å². The molecule has 0 aliphatic carbocycles. The van der Waals surface area contributed by atoms with Crippen molar-refractivity contribution >= 4 is 52.2 Å². The molecule has 1 fully saturated rings. The van der Waals surface area contributed by atoms with E-state index < -0.39 is 0 Å². The molecule has 1 saturated heterocycles. The molecule has 6 rings (SSSR count). The van der Waals surface area contributed by atoms with Crippen LogP contribution in [0.5, 0.6) is 0 Å². The van der Waals surface area contributed by atoms with Gasteiger partial charge >= 0.3 is 0 Å². The first-order valence-corrected chi connectivity index (χ1v) is 15.4. The molecule has 0 radical (unpaired) electrons. The van der Waals surface area contributed by atoms with Crippen molar-refractivity contribution in [1.82, 2.24) is 28.7 Å². The largest absolute Gasteiger partial charge is 0.470 e. The van der Waals surface area contributed by atoms with Gasteiger partial charge in [-0.05, 0) is 54.6 Å². The summed E-state index contributed by atoms with van der Waals surface area (Å²) in [6.45, 7) is 3.45. The smallest absolute Gasteiger partial charge is 0.277 e. The average Bonchev–Trinajstić information content (AvgIpc) is 3.47. The van der Waals surface area contributed by atoms with Crippen molar-refractivity contribution in [3.63, 3.8) is 0 Å². The highest BCUT2D eigenvalue weighted by atomic mass is 32.2. The Labute approximate surface area is 265 Å². The molecule has 45 heavy (non-hydrogen) atoms. The second kappa shape index (κ2) is 12.9. The van der Waals surface area contributed by atoms with Gasteiger partial charge in [-0.3, -0.25) is 14.2 Å². The van der Waals surface area contributed by atoms with E-state index in [1.54, 1.807) is 27.5 Å². The number of hydrogen-bond donors (Lipinski definition) is 1. The van der Waals surface area contributed by atoms with Gasteiger partial charge in [-0.25, -0.2) is 15.0 Å². The van der Waals surface area contributed by atoms with Gasteiger partial charge in [0, 0.05) is 50.0 Å². The number of pyridine rings is 1. The van der Waals surface area contributed by atoms with Gasteiger partial charge in [0.25, 0.3) is 5.91 Å². The summed E-state index contributed by atoms with van der Waals surface area (Å²) in [4.78, 5) is 44.3. The third-order valence-electron chi connectivity index (χ3n) is 8.23. The van der Waals surface area contributed by atoms with Crippen LogP contribution in [0, 0.1) is 17.2 Å². The van der Waals surface area contributed by atoms with Crippen LogP contribution >= 0.6 is 11.9 Å². The Bertz CT molecular complexity index is 1800. The molecule has 12 nitrogen and oxygen atoms in total. The highest BCUT2D eigenvalue weighted by Gasteiger charge is 2.33. The van der Waals surface area contributed by atoms with Crippen LogP contribution < -0.4 is 10.2 Å². The second-order valence-corrected chi connectivity index (χ2v) is 12.2. The fourth-order valence-corrected chi connectivity index (χ4v) is 6.78. The standard InChI is InChI=1S/C32H33N9O3S/c1-21-12-16-40(27(42)11-14-33)18-24(21)38(2)30-23-13-17-41(31(23)36-19-35-30)20-44-29-22-8-4-5-9-25(22)45-39(3)28(29)32(43)37-26-10-6-7-15-34-26/h4-10,13,15,17,19,21,24H,11-12,16,18,20H2,1-3H3,(H,34,37,43)/t21-,24+/m1/s1. The van der Waals surface area contributed by atoms with E-state index in [2.05, 4.69) is 32.1 Å². The molecule has 0 saturated carbocycles. The van der Waals surface area contributed by atoms with E-state index in [-0.39, 0.29) is 31.0 Å². The van der Waals surface area contributed by atoms with Crippen molar-refractivity contribution < 1.29 is 14.3 Å². The number of nitrogens with zero attached hydrogens (tertiary/aromatic N) is 8. The number of rotatable bonds is 8. The molecule has 4 aromatic rings. The molecule has 1 N–H and O–H groups in total. The molecule has 2 aliphatic heterocycles. The van der Waals surface area contributed by atoms with Crippen molar-refractivity contribution in [3.05, 3.63) is 78.5 Å². The Morgan fingerprint density at radius 2 is 1.98 bits per heavy atom. The summed E-state index contributed by atoms with van der Waals surface area (Å²) in [7, 11) is 3.82. The number of anilines is 2. The minimum absolute atomic E-state index is 0.0243. The molecular formula is C32H33N9O3S. The Kier molecular flexibility index (Phi) is 8.57. The number of carbonyl (C=O) groups is 2. The maximum Gasteiger partial charge on any atom is 0.277 e. The molecule has 3 aromatic heterocycles. The number of likely N-dealkylation sites (N-methyl/N-ethyl adjacent to an activating group) is 2. The van der Waals surface area contributed by atoms with Crippen molar-refractivity contribution in [2.75, 3.05) is 37.4 Å². The first-order valence-electron chi connectivity index (χ1n) is 14.6. The van der Waals surface area contributed by atoms with Crippen molar-refractivity contribution in [3.8, 4) is 6.07 Å². The minimum Gasteiger partial charge on any atom is -0.470 e. The average molecular weight is 624 g/mol. The predicted octanol–water partition coefficient (Wildman–Crippen LogP) is 4.35. The molecule has 13 heteroatoms. The minimum atomic E-state index is -0.333. The Hall–Kier alpha value is -5.09. The molecule has 0 spiro atoms. The summed E-state index contributed by atoms with van der Waals surface area (Å²) in [5, 5.41) is 12.7. The Morgan fingerprint density at radius 1 is 1.16 bits per heavy atom. The fourth-order valence-electron chi connectivity index (χ4n) is 5.83. The SMILES string of the molecule is C[C@@H]1CCN(C(=O)CC#N)C[C@@H]1N(C)c1ncnc2c1ccn2COC1=C(C(=O)Nc2ccccn2)N(C)Sc2ccccc21. The first-order chi connectivity index (χ1) is 21.9. The van der Waals surface area contributed by atoms with Gasteiger partial charge in [0.05, 0.1) is 17.5 Å². The van der Waals surface area contributed by atoms with Gasteiger partial charge in [-0.15, -0.1) is 0 Å². The Morgan fingerprint density at radius 3 is 2.78 bits per heavy atom. The molecular weight excluding hydrogens is 590 g/mol. The van der Waals surface area contributed by atoms with Gasteiger partial charge in [-0.2, -0.15) is 5.26 Å². The molecule has 1 aromatic carbocycles. The van der Waals surface area contributed by atoms with Gasteiger partial charge in [0.15, 0.2) is 18.2 Å². The number of nitriles is 1. The number of nitrogens with one attached hydrogen (secondary N) is 1. The number of ether oxygens (including phenoxy) is 1. The van der Waals surface area contributed by atoms with E-state index >= 15 is 0 Å². The predicted molar refractivity (Wildman–Crippen MR) is 171 cm³/mol. The number of piperidine rings is 1. The molecule has 2 amide bonds. The molecule has 2 atom stereocenters. The van der Waals surface area contributed by atoms with Gasteiger partial charge in [0.1, 0.15) is 30.0 Å². The number of benzene rings is 1. The number of amides is 2. The lowest BCUT2D eigenvalue weighted by atomic mass is 9.92. The first kappa shape index (κ1) is 30.0. The summed E-state index contributed by atoms with van der Waals surface area (Å²) in [5.74, 6) is 1.49. The van der Waals surface area contributed by atoms with Crippen molar-refractivity contribution in [2.24, 2.45) is 5.92 Å². The lowest BCUT2D eigenvalue weighted by Gasteiger charge is -2.42. The quantitative estimate of drug-likeness (QED) is 0.283. The fraction of sp³-hybridized carbons (Fsp3) is 0.312. The topological polar surface area (TPSA) is 133 Å². The summed E-state index contributed by atoms with van der Waals surface area (Å²) in [5.41, 5.74) is 1.87. The zero-order valence-electron chi connectivity index (χ0n) is 25.3. The number of aromatic nitrogens is 4. The van der Waals surface area contributed by atoms with Crippen LogP contribution in [-0.4, -0.2) is 73.8 Å². The lowest BCUT2D eigenvalue weighted by Crippen LogP contribution is -2.52. The third kappa shape index (κ3) is 6.01.